The number of aryl methyl sites for hydroxylation is 2. The van der Waals surface area contributed by atoms with E-state index in [-0.39, 0.29) is 12.3 Å². The molecule has 0 aliphatic rings. The zero-order valence-corrected chi connectivity index (χ0v) is 8.61. The third kappa shape index (κ3) is 2.80. The number of hydrogen-bond donors (Lipinski definition) is 1. The Hall–Kier alpha value is -1.45. The quantitative estimate of drug-likeness (QED) is 0.795. The minimum absolute atomic E-state index is 0.0723. The first-order valence-corrected chi connectivity index (χ1v) is 4.53. The van der Waals surface area contributed by atoms with E-state index in [1.165, 1.54) is 0 Å². The van der Waals surface area contributed by atoms with E-state index in [0.29, 0.717) is 5.82 Å². The molecular weight excluding hydrogens is 180 g/mol. The lowest BCUT2D eigenvalue weighted by Crippen LogP contribution is -2.08. The van der Waals surface area contributed by atoms with E-state index in [4.69, 9.17) is 5.11 Å². The summed E-state index contributed by atoms with van der Waals surface area (Å²) in [5, 5.41) is 8.63. The molecule has 0 aromatic carbocycles. The highest BCUT2D eigenvalue weighted by Crippen LogP contribution is 2.15. The average Bonchev–Trinajstić information content (AvgIpc) is 2.00. The number of carboxylic acid groups (broad SMARTS) is 1. The summed E-state index contributed by atoms with van der Waals surface area (Å²) in [7, 11) is 0. The Morgan fingerprint density at radius 2 is 1.93 bits per heavy atom. The standard InChI is InChI=1S/C10H14N2O2/c1-6(4-9(13)14)10-11-7(2)5-8(3)12-10/h5-6H,4H2,1-3H3,(H,13,14). The highest BCUT2D eigenvalue weighted by molar-refractivity contribution is 5.67. The zero-order chi connectivity index (χ0) is 10.7. The molecule has 0 aliphatic carbocycles. The van der Waals surface area contributed by atoms with Crippen LogP contribution in [0.4, 0.5) is 0 Å². The van der Waals surface area contributed by atoms with Gasteiger partial charge in [-0.15, -0.1) is 0 Å². The van der Waals surface area contributed by atoms with Gasteiger partial charge in [0, 0.05) is 17.3 Å². The molecule has 0 saturated heterocycles. The number of nitrogens with zero attached hydrogens (tertiary/aromatic N) is 2. The van der Waals surface area contributed by atoms with Crippen LogP contribution in [-0.2, 0) is 4.79 Å². The van der Waals surface area contributed by atoms with Crippen LogP contribution in [0, 0.1) is 13.8 Å². The monoisotopic (exact) mass is 194 g/mol. The summed E-state index contributed by atoms with van der Waals surface area (Å²) in [4.78, 5) is 18.9. The Morgan fingerprint density at radius 3 is 2.36 bits per heavy atom. The maximum atomic E-state index is 10.5. The summed E-state index contributed by atoms with van der Waals surface area (Å²) in [6.45, 7) is 5.58. The normalized spacial score (nSPS) is 12.5. The van der Waals surface area contributed by atoms with Crippen molar-refractivity contribution in [2.45, 2.75) is 33.1 Å². The molecule has 0 saturated carbocycles. The number of aliphatic carboxylic acids is 1. The van der Waals surface area contributed by atoms with Crippen molar-refractivity contribution >= 4 is 5.97 Å². The lowest BCUT2D eigenvalue weighted by atomic mass is 10.1. The van der Waals surface area contributed by atoms with Crippen molar-refractivity contribution in [3.63, 3.8) is 0 Å². The zero-order valence-electron chi connectivity index (χ0n) is 8.61. The largest absolute Gasteiger partial charge is 0.481 e. The molecule has 14 heavy (non-hydrogen) atoms. The van der Waals surface area contributed by atoms with E-state index in [1.807, 2.05) is 26.8 Å². The molecule has 4 heteroatoms. The second kappa shape index (κ2) is 4.17. The fraction of sp³-hybridized carbons (Fsp3) is 0.500. The second-order valence-electron chi connectivity index (χ2n) is 3.51. The maximum absolute atomic E-state index is 10.5. The minimum Gasteiger partial charge on any atom is -0.481 e. The van der Waals surface area contributed by atoms with Crippen LogP contribution < -0.4 is 0 Å². The van der Waals surface area contributed by atoms with E-state index < -0.39 is 5.97 Å². The number of rotatable bonds is 3. The smallest absolute Gasteiger partial charge is 0.304 e. The third-order valence-corrected chi connectivity index (χ3v) is 1.92. The minimum atomic E-state index is -0.819. The Bertz CT molecular complexity index is 330. The molecular formula is C10H14N2O2. The molecule has 1 aromatic heterocycles. The van der Waals surface area contributed by atoms with Crippen LogP contribution in [0.2, 0.25) is 0 Å². The van der Waals surface area contributed by atoms with Crippen molar-refractivity contribution < 1.29 is 9.90 Å². The van der Waals surface area contributed by atoms with E-state index in [9.17, 15) is 4.79 Å². The van der Waals surface area contributed by atoms with Gasteiger partial charge >= 0.3 is 5.97 Å². The highest BCUT2D eigenvalue weighted by Gasteiger charge is 2.13. The molecule has 0 aliphatic heterocycles. The second-order valence-corrected chi connectivity index (χ2v) is 3.51. The van der Waals surface area contributed by atoms with Gasteiger partial charge in [-0.2, -0.15) is 0 Å². The van der Waals surface area contributed by atoms with Crippen molar-refractivity contribution in [3.05, 3.63) is 23.3 Å². The van der Waals surface area contributed by atoms with Gasteiger partial charge in [0.2, 0.25) is 0 Å². The topological polar surface area (TPSA) is 63.1 Å². The molecule has 1 atom stereocenters. The van der Waals surface area contributed by atoms with Gasteiger partial charge in [-0.1, -0.05) is 6.92 Å². The molecule has 1 aromatic rings. The van der Waals surface area contributed by atoms with Crippen molar-refractivity contribution in [1.29, 1.82) is 0 Å². The molecule has 0 bridgehead atoms. The summed E-state index contributed by atoms with van der Waals surface area (Å²) >= 11 is 0. The number of hydrogen-bond acceptors (Lipinski definition) is 3. The summed E-state index contributed by atoms with van der Waals surface area (Å²) in [5.74, 6) is -0.337. The van der Waals surface area contributed by atoms with Crippen molar-refractivity contribution in [2.24, 2.45) is 0 Å². The lowest BCUT2D eigenvalue weighted by Gasteiger charge is -2.08. The van der Waals surface area contributed by atoms with E-state index in [1.54, 1.807) is 0 Å². The molecule has 4 nitrogen and oxygen atoms in total. The van der Waals surface area contributed by atoms with Gasteiger partial charge in [-0.3, -0.25) is 4.79 Å². The first-order chi connectivity index (χ1) is 6.49. The first kappa shape index (κ1) is 10.6. The molecule has 1 unspecified atom stereocenters. The summed E-state index contributed by atoms with van der Waals surface area (Å²) in [5.41, 5.74) is 1.76. The molecule has 0 spiro atoms. The molecule has 76 valence electrons. The van der Waals surface area contributed by atoms with Crippen molar-refractivity contribution in [2.75, 3.05) is 0 Å². The Kier molecular flexibility index (Phi) is 3.17. The van der Waals surface area contributed by atoms with Gasteiger partial charge in [-0.05, 0) is 19.9 Å². The highest BCUT2D eigenvalue weighted by atomic mass is 16.4. The summed E-state index contributed by atoms with van der Waals surface area (Å²) in [6.07, 6.45) is 0.0723. The van der Waals surface area contributed by atoms with Gasteiger partial charge in [-0.25, -0.2) is 9.97 Å². The molecule has 0 fully saturated rings. The fourth-order valence-electron chi connectivity index (χ4n) is 1.33. The number of carbonyl (C=O) groups is 1. The first-order valence-electron chi connectivity index (χ1n) is 4.53. The predicted molar refractivity (Wildman–Crippen MR) is 52.2 cm³/mol. The Morgan fingerprint density at radius 1 is 1.43 bits per heavy atom. The predicted octanol–water partition coefficient (Wildman–Crippen LogP) is 1.67. The van der Waals surface area contributed by atoms with Crippen molar-refractivity contribution in [3.8, 4) is 0 Å². The van der Waals surface area contributed by atoms with Gasteiger partial charge in [0.1, 0.15) is 5.82 Å². The molecule has 1 N–H and O–H groups in total. The Balaban J connectivity index is 2.89. The van der Waals surface area contributed by atoms with Crippen LogP contribution in [-0.4, -0.2) is 21.0 Å². The maximum Gasteiger partial charge on any atom is 0.304 e. The number of aromatic nitrogens is 2. The molecule has 1 rings (SSSR count). The van der Waals surface area contributed by atoms with Crippen molar-refractivity contribution in [1.82, 2.24) is 9.97 Å². The van der Waals surface area contributed by atoms with Crippen LogP contribution in [0.5, 0.6) is 0 Å². The van der Waals surface area contributed by atoms with Crippen LogP contribution in [0.1, 0.15) is 36.5 Å². The molecule has 0 amide bonds. The van der Waals surface area contributed by atoms with E-state index >= 15 is 0 Å². The molecule has 0 radical (unpaired) electrons. The van der Waals surface area contributed by atoms with Gasteiger partial charge < -0.3 is 5.11 Å². The SMILES string of the molecule is Cc1cc(C)nc(C(C)CC(=O)O)n1. The van der Waals surface area contributed by atoms with E-state index in [0.717, 1.165) is 11.4 Å². The number of carboxylic acids is 1. The Labute approximate surface area is 83.0 Å². The lowest BCUT2D eigenvalue weighted by molar-refractivity contribution is -0.137. The third-order valence-electron chi connectivity index (χ3n) is 1.92. The fourth-order valence-corrected chi connectivity index (χ4v) is 1.33. The van der Waals surface area contributed by atoms with Crippen LogP contribution in [0.15, 0.2) is 6.07 Å². The van der Waals surface area contributed by atoms with Gasteiger partial charge in [0.15, 0.2) is 0 Å². The van der Waals surface area contributed by atoms with Gasteiger partial charge in [0.25, 0.3) is 0 Å². The summed E-state index contributed by atoms with van der Waals surface area (Å²) < 4.78 is 0. The van der Waals surface area contributed by atoms with Crippen LogP contribution in [0.25, 0.3) is 0 Å². The van der Waals surface area contributed by atoms with Crippen LogP contribution >= 0.6 is 0 Å². The van der Waals surface area contributed by atoms with Gasteiger partial charge in [0.05, 0.1) is 6.42 Å². The van der Waals surface area contributed by atoms with E-state index in [2.05, 4.69) is 9.97 Å². The van der Waals surface area contributed by atoms with Crippen LogP contribution in [0.3, 0.4) is 0 Å². The summed E-state index contributed by atoms with van der Waals surface area (Å²) in [6, 6.07) is 1.87. The average molecular weight is 194 g/mol. The molecule has 1 heterocycles.